The van der Waals surface area contributed by atoms with Gasteiger partial charge in [-0.05, 0) is 60.7 Å². The summed E-state index contributed by atoms with van der Waals surface area (Å²) < 4.78 is 0. The Labute approximate surface area is 207 Å². The quantitative estimate of drug-likeness (QED) is 0.211. The molecule has 1 fully saturated rings. The van der Waals surface area contributed by atoms with Gasteiger partial charge in [-0.2, -0.15) is 0 Å². The third-order valence-electron chi connectivity index (χ3n) is 6.36. The molecule has 5 rings (SSSR count). The summed E-state index contributed by atoms with van der Waals surface area (Å²) in [5, 5.41) is 6.90. The first-order chi connectivity index (χ1) is 17.2. The van der Waals surface area contributed by atoms with Gasteiger partial charge in [-0.25, -0.2) is 9.97 Å². The van der Waals surface area contributed by atoms with E-state index >= 15 is 0 Å². The molecule has 1 aliphatic carbocycles. The van der Waals surface area contributed by atoms with Gasteiger partial charge in [-0.1, -0.05) is 50.0 Å². The fourth-order valence-corrected chi connectivity index (χ4v) is 4.03. The van der Waals surface area contributed by atoms with E-state index in [1.807, 2.05) is 12.4 Å². The van der Waals surface area contributed by atoms with Crippen LogP contribution in [0.5, 0.6) is 0 Å². The van der Waals surface area contributed by atoms with Crippen LogP contribution in [0.25, 0.3) is 22.5 Å². The van der Waals surface area contributed by atoms with E-state index in [0.717, 1.165) is 77.3 Å². The van der Waals surface area contributed by atoms with Crippen molar-refractivity contribution >= 4 is 0 Å². The van der Waals surface area contributed by atoms with Crippen molar-refractivity contribution in [2.75, 3.05) is 6.54 Å². The third kappa shape index (κ3) is 6.07. The monoisotopic (exact) mass is 464 g/mol. The Morgan fingerprint density at radius 2 is 1.34 bits per heavy atom. The van der Waals surface area contributed by atoms with Crippen molar-refractivity contribution in [2.45, 2.75) is 45.8 Å². The van der Waals surface area contributed by atoms with Crippen LogP contribution in [0, 0.1) is 17.8 Å². The second-order valence-corrected chi connectivity index (χ2v) is 9.27. The van der Waals surface area contributed by atoms with E-state index in [-0.39, 0.29) is 0 Å². The average Bonchev–Trinajstić information content (AvgIpc) is 3.25. The highest BCUT2D eigenvalue weighted by atomic mass is 15.0. The largest absolute Gasteiger partial charge is 0.341 e. The average molecular weight is 465 g/mol. The number of aromatic amines is 2. The van der Waals surface area contributed by atoms with Crippen molar-refractivity contribution in [3.63, 3.8) is 0 Å². The van der Waals surface area contributed by atoms with Crippen LogP contribution in [0.4, 0.5) is 0 Å². The lowest BCUT2D eigenvalue weighted by atomic mass is 10.1. The van der Waals surface area contributed by atoms with E-state index < -0.39 is 0 Å². The van der Waals surface area contributed by atoms with Gasteiger partial charge < -0.3 is 20.6 Å². The standard InChI is InChI=1S/C29H32N6/c1-3-14-30-18-28-32-16-26(34-28)23-10-6-21(7-11-23)4-5-22-8-12-24(13-9-22)27-17-33-29(35-27)19-31-25-15-20(25)2/h6-13,16-17,20,25,30-31H,3,14-15,18-19H2,1-2H3,(H,32,34)(H,33,35). The van der Waals surface area contributed by atoms with Gasteiger partial charge in [0.05, 0.1) is 36.9 Å². The molecular formula is C29H32N6. The molecule has 0 amide bonds. The SMILES string of the molecule is CCCNCc1ncc(-c2ccc(C#Cc3ccc(-c4cnc(CNC5CC5C)[nH]4)cc3)cc2)[nH]1. The lowest BCUT2D eigenvalue weighted by molar-refractivity contribution is 0.634. The molecule has 0 bridgehead atoms. The lowest BCUT2D eigenvalue weighted by Crippen LogP contribution is -2.17. The first-order valence-corrected chi connectivity index (χ1v) is 12.4. The highest BCUT2D eigenvalue weighted by Gasteiger charge is 2.31. The topological polar surface area (TPSA) is 81.4 Å². The summed E-state index contributed by atoms with van der Waals surface area (Å²) in [5.74, 6) is 9.25. The molecule has 35 heavy (non-hydrogen) atoms. The molecule has 1 saturated carbocycles. The van der Waals surface area contributed by atoms with Gasteiger partial charge in [-0.15, -0.1) is 0 Å². The minimum atomic E-state index is 0.647. The van der Waals surface area contributed by atoms with Crippen LogP contribution in [0.2, 0.25) is 0 Å². The van der Waals surface area contributed by atoms with E-state index in [1.165, 1.54) is 6.42 Å². The van der Waals surface area contributed by atoms with Gasteiger partial charge in [0.15, 0.2) is 0 Å². The maximum absolute atomic E-state index is 4.51. The summed E-state index contributed by atoms with van der Waals surface area (Å²) in [5.41, 5.74) is 6.24. The maximum atomic E-state index is 4.51. The molecule has 2 aromatic carbocycles. The molecule has 2 atom stereocenters. The molecule has 0 saturated heterocycles. The number of imidazole rings is 2. The fourth-order valence-electron chi connectivity index (χ4n) is 4.03. The van der Waals surface area contributed by atoms with Gasteiger partial charge in [0.2, 0.25) is 0 Å². The van der Waals surface area contributed by atoms with Crippen molar-refractivity contribution in [3.8, 4) is 34.4 Å². The lowest BCUT2D eigenvalue weighted by Gasteiger charge is -2.01. The van der Waals surface area contributed by atoms with Crippen LogP contribution in [0.15, 0.2) is 60.9 Å². The van der Waals surface area contributed by atoms with Crippen LogP contribution < -0.4 is 10.6 Å². The van der Waals surface area contributed by atoms with E-state index in [2.05, 4.69) is 105 Å². The summed E-state index contributed by atoms with van der Waals surface area (Å²) in [4.78, 5) is 15.8. The summed E-state index contributed by atoms with van der Waals surface area (Å²) in [7, 11) is 0. The van der Waals surface area contributed by atoms with Crippen molar-refractivity contribution < 1.29 is 0 Å². The smallest absolute Gasteiger partial charge is 0.120 e. The Hall–Kier alpha value is -3.66. The molecule has 0 spiro atoms. The molecule has 4 aromatic rings. The second kappa shape index (κ2) is 10.7. The summed E-state index contributed by atoms with van der Waals surface area (Å²) in [6.45, 7) is 6.97. The van der Waals surface area contributed by atoms with Crippen LogP contribution >= 0.6 is 0 Å². The molecule has 2 unspecified atom stereocenters. The van der Waals surface area contributed by atoms with Gasteiger partial charge >= 0.3 is 0 Å². The van der Waals surface area contributed by atoms with E-state index in [4.69, 9.17) is 0 Å². The Morgan fingerprint density at radius 3 is 1.83 bits per heavy atom. The molecule has 4 N–H and O–H groups in total. The second-order valence-electron chi connectivity index (χ2n) is 9.27. The Morgan fingerprint density at radius 1 is 0.829 bits per heavy atom. The predicted octanol–water partition coefficient (Wildman–Crippen LogP) is 4.86. The molecule has 178 valence electrons. The first kappa shape index (κ1) is 23.1. The number of hydrogen-bond acceptors (Lipinski definition) is 4. The highest BCUT2D eigenvalue weighted by molar-refractivity contribution is 5.62. The summed E-state index contributed by atoms with van der Waals surface area (Å²) in [6, 6.07) is 17.2. The van der Waals surface area contributed by atoms with Crippen LogP contribution in [0.3, 0.4) is 0 Å². The van der Waals surface area contributed by atoms with Crippen molar-refractivity contribution in [2.24, 2.45) is 5.92 Å². The van der Waals surface area contributed by atoms with Gasteiger partial charge in [0, 0.05) is 17.2 Å². The maximum Gasteiger partial charge on any atom is 0.120 e. The molecule has 2 heterocycles. The number of hydrogen-bond donors (Lipinski definition) is 4. The highest BCUT2D eigenvalue weighted by Crippen LogP contribution is 2.29. The van der Waals surface area contributed by atoms with Gasteiger partial charge in [-0.3, -0.25) is 0 Å². The van der Waals surface area contributed by atoms with E-state index in [9.17, 15) is 0 Å². The fraction of sp³-hybridized carbons (Fsp3) is 0.310. The summed E-state index contributed by atoms with van der Waals surface area (Å²) >= 11 is 0. The van der Waals surface area contributed by atoms with Crippen molar-refractivity contribution in [3.05, 3.63) is 83.7 Å². The zero-order valence-corrected chi connectivity index (χ0v) is 20.4. The summed E-state index contributed by atoms with van der Waals surface area (Å²) in [6.07, 6.45) is 6.17. The Balaban J connectivity index is 1.18. The molecule has 6 nitrogen and oxygen atoms in total. The molecule has 1 aliphatic rings. The molecule has 2 aromatic heterocycles. The predicted molar refractivity (Wildman–Crippen MR) is 140 cm³/mol. The normalized spacial score (nSPS) is 16.6. The zero-order valence-electron chi connectivity index (χ0n) is 20.4. The molecular weight excluding hydrogens is 432 g/mol. The van der Waals surface area contributed by atoms with Gasteiger partial charge in [0.25, 0.3) is 0 Å². The minimum absolute atomic E-state index is 0.647. The number of aromatic nitrogens is 4. The van der Waals surface area contributed by atoms with Crippen LogP contribution in [0.1, 0.15) is 49.5 Å². The Kier molecular flexibility index (Phi) is 7.08. The minimum Gasteiger partial charge on any atom is -0.341 e. The first-order valence-electron chi connectivity index (χ1n) is 12.4. The molecule has 0 aliphatic heterocycles. The van der Waals surface area contributed by atoms with Gasteiger partial charge in [0.1, 0.15) is 11.6 Å². The number of nitrogens with zero attached hydrogens (tertiary/aromatic N) is 2. The number of nitrogens with one attached hydrogen (secondary N) is 4. The van der Waals surface area contributed by atoms with E-state index in [0.29, 0.717) is 6.04 Å². The van der Waals surface area contributed by atoms with E-state index in [1.54, 1.807) is 0 Å². The Bertz CT molecular complexity index is 1300. The van der Waals surface area contributed by atoms with Crippen LogP contribution in [-0.4, -0.2) is 32.5 Å². The molecule has 6 heteroatoms. The van der Waals surface area contributed by atoms with Crippen LogP contribution in [-0.2, 0) is 13.1 Å². The third-order valence-corrected chi connectivity index (χ3v) is 6.36. The van der Waals surface area contributed by atoms with Crippen molar-refractivity contribution in [1.82, 2.24) is 30.6 Å². The molecule has 0 radical (unpaired) electrons. The van der Waals surface area contributed by atoms with Crippen molar-refractivity contribution in [1.29, 1.82) is 0 Å². The number of H-pyrrole nitrogens is 2. The zero-order chi connectivity index (χ0) is 24.0. The number of benzene rings is 2. The number of rotatable bonds is 9.